The summed E-state index contributed by atoms with van der Waals surface area (Å²) >= 11 is 5.44. The Balaban J connectivity index is 2.90. The van der Waals surface area contributed by atoms with Crippen LogP contribution in [0.2, 0.25) is 0 Å². The van der Waals surface area contributed by atoms with E-state index in [1.54, 1.807) is 0 Å². The van der Waals surface area contributed by atoms with Gasteiger partial charge in [-0.25, -0.2) is 4.79 Å². The minimum atomic E-state index is -1.50. The topological polar surface area (TPSA) is 143 Å². The predicted molar refractivity (Wildman–Crippen MR) is 70.2 cm³/mol. The third kappa shape index (κ3) is 3.99. The van der Waals surface area contributed by atoms with E-state index in [9.17, 15) is 19.9 Å². The monoisotopic (exact) mass is 327 g/mol. The molecule has 1 aliphatic rings. The summed E-state index contributed by atoms with van der Waals surface area (Å²) in [5.41, 5.74) is 0. The lowest BCUT2D eigenvalue weighted by atomic mass is 10.1. The molecule has 1 fully saturated rings. The van der Waals surface area contributed by atoms with Gasteiger partial charge in [-0.3, -0.25) is 4.90 Å². The molecule has 2 amide bonds. The van der Waals surface area contributed by atoms with Gasteiger partial charge in [-0.1, -0.05) is 0 Å². The van der Waals surface area contributed by atoms with Gasteiger partial charge in [0.05, 0.1) is 25.0 Å². The Morgan fingerprint density at radius 1 is 1.24 bits per heavy atom. The van der Waals surface area contributed by atoms with Crippen LogP contribution in [0, 0.1) is 4.91 Å². The van der Waals surface area contributed by atoms with Crippen molar-refractivity contribution in [3.05, 3.63) is 4.91 Å². The molecule has 0 aromatic rings. The molecule has 122 valence electrons. The van der Waals surface area contributed by atoms with Crippen LogP contribution in [0.1, 0.15) is 0 Å². The molecule has 1 aliphatic heterocycles. The van der Waals surface area contributed by atoms with Gasteiger partial charge in [0.25, 0.3) is 0 Å². The van der Waals surface area contributed by atoms with Crippen LogP contribution in [0.25, 0.3) is 0 Å². The fraction of sp³-hybridized carbons (Fsp3) is 0.900. The maximum atomic E-state index is 12.1. The van der Waals surface area contributed by atoms with Crippen LogP contribution in [-0.4, -0.2) is 93.1 Å². The number of carbonyl (C=O) groups excluding carboxylic acids is 1. The molecular weight excluding hydrogens is 310 g/mol. The number of rotatable bonds is 7. The Bertz CT molecular complexity index is 362. The number of alkyl halides is 1. The van der Waals surface area contributed by atoms with Crippen LogP contribution in [0.15, 0.2) is 5.29 Å². The molecule has 0 aromatic carbocycles. The molecule has 4 atom stereocenters. The number of ether oxygens (including phenoxy) is 1. The highest BCUT2D eigenvalue weighted by molar-refractivity contribution is 6.18. The Hall–Kier alpha value is -1.04. The summed E-state index contributed by atoms with van der Waals surface area (Å²) in [5, 5.41) is 40.6. The first-order chi connectivity index (χ1) is 10.0. The summed E-state index contributed by atoms with van der Waals surface area (Å²) in [6.07, 6.45) is -5.30. The molecule has 0 saturated carbocycles. The smallest absolute Gasteiger partial charge is 0.345 e. The van der Waals surface area contributed by atoms with E-state index in [1.165, 1.54) is 0 Å². The minimum absolute atomic E-state index is 0.0413. The predicted octanol–water partition coefficient (Wildman–Crippen LogP) is -1.94. The van der Waals surface area contributed by atoms with E-state index in [1.807, 2.05) is 0 Å². The van der Waals surface area contributed by atoms with E-state index in [0.29, 0.717) is 5.01 Å². The third-order valence-corrected chi connectivity index (χ3v) is 3.20. The zero-order chi connectivity index (χ0) is 16.0. The lowest BCUT2D eigenvalue weighted by Crippen LogP contribution is -2.52. The van der Waals surface area contributed by atoms with Gasteiger partial charge >= 0.3 is 6.03 Å². The molecule has 0 radical (unpaired) electrons. The second-order valence-corrected chi connectivity index (χ2v) is 4.70. The number of urea groups is 1. The zero-order valence-corrected chi connectivity index (χ0v) is 11.8. The summed E-state index contributed by atoms with van der Waals surface area (Å²) in [4.78, 5) is 23.6. The zero-order valence-electron chi connectivity index (χ0n) is 11.1. The number of aliphatic hydroxyl groups excluding tert-OH is 4. The van der Waals surface area contributed by atoms with Gasteiger partial charge in [0, 0.05) is 12.4 Å². The molecule has 0 aliphatic carbocycles. The van der Waals surface area contributed by atoms with Crippen molar-refractivity contribution >= 4 is 17.6 Å². The Morgan fingerprint density at radius 2 is 1.90 bits per heavy atom. The first kappa shape index (κ1) is 18.0. The molecule has 4 N–H and O–H groups in total. The number of amides is 2. The van der Waals surface area contributed by atoms with Gasteiger partial charge < -0.3 is 25.2 Å². The van der Waals surface area contributed by atoms with Gasteiger partial charge in [0.1, 0.15) is 18.3 Å². The van der Waals surface area contributed by atoms with Crippen LogP contribution in [0.4, 0.5) is 4.79 Å². The van der Waals surface area contributed by atoms with Gasteiger partial charge in [-0.2, -0.15) is 5.01 Å². The first-order valence-electron chi connectivity index (χ1n) is 6.22. The maximum Gasteiger partial charge on any atom is 0.345 e. The number of hydrogen-bond acceptors (Lipinski definition) is 8. The van der Waals surface area contributed by atoms with Gasteiger partial charge in [0.15, 0.2) is 6.23 Å². The highest BCUT2D eigenvalue weighted by Gasteiger charge is 2.47. The second-order valence-electron chi connectivity index (χ2n) is 4.32. The van der Waals surface area contributed by atoms with E-state index >= 15 is 0 Å². The quantitative estimate of drug-likeness (QED) is 0.242. The molecule has 0 spiro atoms. The fourth-order valence-electron chi connectivity index (χ4n) is 1.98. The molecule has 10 nitrogen and oxygen atoms in total. The van der Waals surface area contributed by atoms with Crippen molar-refractivity contribution in [1.82, 2.24) is 9.91 Å². The van der Waals surface area contributed by atoms with E-state index in [2.05, 4.69) is 5.29 Å². The van der Waals surface area contributed by atoms with Crippen molar-refractivity contribution in [1.29, 1.82) is 0 Å². The number of nitroso groups, excluding NO2 is 1. The maximum absolute atomic E-state index is 12.1. The van der Waals surface area contributed by atoms with Crippen LogP contribution in [0.3, 0.4) is 0 Å². The lowest BCUT2D eigenvalue weighted by Gasteiger charge is -2.31. The van der Waals surface area contributed by atoms with Crippen LogP contribution < -0.4 is 0 Å². The fourth-order valence-corrected chi connectivity index (χ4v) is 2.14. The van der Waals surface area contributed by atoms with Crippen molar-refractivity contribution in [3.63, 3.8) is 0 Å². The molecule has 0 bridgehead atoms. The second kappa shape index (κ2) is 8.41. The lowest BCUT2D eigenvalue weighted by molar-refractivity contribution is -0.0862. The van der Waals surface area contributed by atoms with E-state index in [0.717, 1.165) is 4.90 Å². The minimum Gasteiger partial charge on any atom is -0.395 e. The Morgan fingerprint density at radius 3 is 2.33 bits per heavy atom. The molecule has 1 rings (SSSR count). The normalized spacial score (nSPS) is 28.4. The van der Waals surface area contributed by atoms with Crippen molar-refractivity contribution in [3.8, 4) is 0 Å². The van der Waals surface area contributed by atoms with E-state index in [4.69, 9.17) is 26.6 Å². The van der Waals surface area contributed by atoms with Gasteiger partial charge in [-0.05, 0) is 0 Å². The number of nitrogens with zero attached hydrogens (tertiary/aromatic N) is 3. The van der Waals surface area contributed by atoms with E-state index < -0.39 is 43.8 Å². The van der Waals surface area contributed by atoms with Crippen LogP contribution in [0.5, 0.6) is 0 Å². The van der Waals surface area contributed by atoms with Crippen molar-refractivity contribution in [2.45, 2.75) is 24.5 Å². The van der Waals surface area contributed by atoms with Crippen molar-refractivity contribution in [2.75, 3.05) is 32.2 Å². The van der Waals surface area contributed by atoms with Gasteiger partial charge in [-0.15, -0.1) is 16.5 Å². The Kier molecular flexibility index (Phi) is 7.22. The number of carbonyl (C=O) groups is 1. The summed E-state index contributed by atoms with van der Waals surface area (Å²) in [7, 11) is 0. The SMILES string of the molecule is O=NN(CCCl)C(=O)N(CCO)[C@@H]1O[C@H](CO)[C@@H](O)[C@H]1O. The van der Waals surface area contributed by atoms with Crippen molar-refractivity contribution < 1.29 is 30.0 Å². The summed E-state index contributed by atoms with van der Waals surface area (Å²) in [6.45, 7) is -1.46. The van der Waals surface area contributed by atoms with Crippen LogP contribution >= 0.6 is 11.6 Å². The number of halogens is 1. The molecular formula is C10H18ClN3O7. The molecule has 0 aromatic heterocycles. The average Bonchev–Trinajstić information content (AvgIpc) is 2.77. The number of aliphatic hydroxyl groups is 4. The molecule has 0 unspecified atom stereocenters. The number of hydrogen-bond donors (Lipinski definition) is 4. The summed E-state index contributed by atoms with van der Waals surface area (Å²) < 4.78 is 5.18. The molecule has 1 saturated heterocycles. The van der Waals surface area contributed by atoms with Gasteiger partial charge in [0.2, 0.25) is 0 Å². The molecule has 21 heavy (non-hydrogen) atoms. The standard InChI is InChI=1S/C10H18ClN3O7/c11-1-2-14(12-20)10(19)13(3-4-15)9-8(18)7(17)6(5-16)21-9/h6-9,15-18H,1-5H2/t6-,7-,8-,9-/m1/s1. The highest BCUT2D eigenvalue weighted by Crippen LogP contribution is 2.24. The van der Waals surface area contributed by atoms with Crippen LogP contribution in [-0.2, 0) is 4.74 Å². The largest absolute Gasteiger partial charge is 0.395 e. The Labute approximate surface area is 125 Å². The summed E-state index contributed by atoms with van der Waals surface area (Å²) in [5.74, 6) is -0.0413. The average molecular weight is 328 g/mol. The molecule has 1 heterocycles. The highest BCUT2D eigenvalue weighted by atomic mass is 35.5. The first-order valence-corrected chi connectivity index (χ1v) is 6.75. The van der Waals surface area contributed by atoms with E-state index in [-0.39, 0.29) is 19.0 Å². The third-order valence-electron chi connectivity index (χ3n) is 3.03. The van der Waals surface area contributed by atoms with Crippen molar-refractivity contribution in [2.24, 2.45) is 5.29 Å². The molecule has 11 heteroatoms. The summed E-state index contributed by atoms with van der Waals surface area (Å²) in [6, 6.07) is -0.936.